The molecule has 0 spiro atoms. The van der Waals surface area contributed by atoms with Gasteiger partial charge in [0, 0.05) is 6.04 Å². The predicted octanol–water partition coefficient (Wildman–Crippen LogP) is 2.85. The normalized spacial score (nSPS) is 16.5. The molecule has 0 radical (unpaired) electrons. The molecule has 19 heavy (non-hydrogen) atoms. The lowest BCUT2D eigenvalue weighted by Gasteiger charge is -2.14. The van der Waals surface area contributed by atoms with Crippen molar-refractivity contribution in [3.8, 4) is 0 Å². The summed E-state index contributed by atoms with van der Waals surface area (Å²) < 4.78 is 2.49. The Kier molecular flexibility index (Phi) is 2.93. The minimum atomic E-state index is -0.288. The molecule has 1 fully saturated rings. The SMILES string of the molecule is Cc1ccc2[nH]c(=S)n(C(C)C(=O)NC3CC3)c2c1. The van der Waals surface area contributed by atoms with Crippen molar-refractivity contribution in [3.63, 3.8) is 0 Å². The van der Waals surface area contributed by atoms with Gasteiger partial charge in [-0.2, -0.15) is 0 Å². The smallest absolute Gasteiger partial charge is 0.243 e. The molecule has 2 N–H and O–H groups in total. The molecule has 2 aromatic rings. The van der Waals surface area contributed by atoms with Crippen molar-refractivity contribution < 1.29 is 4.79 Å². The highest BCUT2D eigenvalue weighted by atomic mass is 32.1. The fourth-order valence-electron chi connectivity index (χ4n) is 2.28. The number of rotatable bonds is 3. The third-order valence-electron chi connectivity index (χ3n) is 3.56. The Labute approximate surface area is 116 Å². The van der Waals surface area contributed by atoms with Crippen LogP contribution in [0.1, 0.15) is 31.4 Å². The number of carbonyl (C=O) groups is 1. The molecule has 1 unspecified atom stereocenters. The Bertz CT molecular complexity index is 696. The summed E-state index contributed by atoms with van der Waals surface area (Å²) in [5.41, 5.74) is 3.12. The van der Waals surface area contributed by atoms with E-state index in [1.807, 2.05) is 30.5 Å². The second-order valence-corrected chi connectivity index (χ2v) is 5.67. The maximum atomic E-state index is 12.2. The first kappa shape index (κ1) is 12.4. The zero-order chi connectivity index (χ0) is 13.6. The van der Waals surface area contributed by atoms with E-state index in [-0.39, 0.29) is 11.9 Å². The van der Waals surface area contributed by atoms with Crippen molar-refractivity contribution in [2.45, 2.75) is 38.8 Å². The number of aromatic nitrogens is 2. The van der Waals surface area contributed by atoms with Crippen LogP contribution in [0.3, 0.4) is 0 Å². The first-order chi connectivity index (χ1) is 9.06. The molecule has 0 bridgehead atoms. The average molecular weight is 275 g/mol. The van der Waals surface area contributed by atoms with Crippen LogP contribution in [0.2, 0.25) is 0 Å². The van der Waals surface area contributed by atoms with E-state index in [1.165, 1.54) is 0 Å². The lowest BCUT2D eigenvalue weighted by molar-refractivity contribution is -0.123. The van der Waals surface area contributed by atoms with Gasteiger partial charge in [0.2, 0.25) is 5.91 Å². The third kappa shape index (κ3) is 2.30. The fraction of sp³-hybridized carbons (Fsp3) is 0.429. The van der Waals surface area contributed by atoms with Crippen molar-refractivity contribution in [2.75, 3.05) is 0 Å². The van der Waals surface area contributed by atoms with Crippen LogP contribution in [0.5, 0.6) is 0 Å². The van der Waals surface area contributed by atoms with Crippen LogP contribution in [0, 0.1) is 11.7 Å². The molecule has 1 aliphatic carbocycles. The zero-order valence-corrected chi connectivity index (χ0v) is 11.9. The minimum absolute atomic E-state index is 0.0426. The highest BCUT2D eigenvalue weighted by molar-refractivity contribution is 7.71. The summed E-state index contributed by atoms with van der Waals surface area (Å²) in [4.78, 5) is 15.3. The van der Waals surface area contributed by atoms with Crippen molar-refractivity contribution in [2.24, 2.45) is 0 Å². The topological polar surface area (TPSA) is 49.8 Å². The summed E-state index contributed by atoms with van der Waals surface area (Å²) >= 11 is 5.35. The van der Waals surface area contributed by atoms with E-state index < -0.39 is 0 Å². The van der Waals surface area contributed by atoms with Crippen LogP contribution in [0.25, 0.3) is 11.0 Å². The van der Waals surface area contributed by atoms with Gasteiger partial charge < -0.3 is 14.9 Å². The van der Waals surface area contributed by atoms with Crippen LogP contribution in [0.15, 0.2) is 18.2 Å². The van der Waals surface area contributed by atoms with Crippen molar-refractivity contribution in [1.82, 2.24) is 14.9 Å². The lowest BCUT2D eigenvalue weighted by Crippen LogP contribution is -2.32. The number of hydrogen-bond donors (Lipinski definition) is 2. The standard InChI is InChI=1S/C14H17N3OS/c1-8-3-6-11-12(7-8)17(14(19)16-11)9(2)13(18)15-10-4-5-10/h3,6-7,9-10H,4-5H2,1-2H3,(H,15,18)(H,16,19). The number of hydrogen-bond acceptors (Lipinski definition) is 2. The quantitative estimate of drug-likeness (QED) is 0.846. The Morgan fingerprint density at radius 2 is 2.26 bits per heavy atom. The van der Waals surface area contributed by atoms with Crippen LogP contribution in [-0.4, -0.2) is 21.5 Å². The average Bonchev–Trinajstić information content (AvgIpc) is 3.10. The number of aromatic amines is 1. The summed E-state index contributed by atoms with van der Waals surface area (Å²) in [7, 11) is 0. The van der Waals surface area contributed by atoms with E-state index in [2.05, 4.69) is 16.4 Å². The number of H-pyrrole nitrogens is 1. The molecule has 1 aliphatic rings. The number of nitrogens with zero attached hydrogens (tertiary/aromatic N) is 1. The lowest BCUT2D eigenvalue weighted by atomic mass is 10.2. The Morgan fingerprint density at radius 3 is 2.95 bits per heavy atom. The monoisotopic (exact) mass is 275 g/mol. The first-order valence-corrected chi connectivity index (χ1v) is 6.98. The molecule has 4 nitrogen and oxygen atoms in total. The first-order valence-electron chi connectivity index (χ1n) is 6.57. The highest BCUT2D eigenvalue weighted by Gasteiger charge is 2.27. The molecule has 1 aromatic heterocycles. The van der Waals surface area contributed by atoms with Crippen molar-refractivity contribution in [3.05, 3.63) is 28.5 Å². The minimum Gasteiger partial charge on any atom is -0.352 e. The summed E-state index contributed by atoms with van der Waals surface area (Å²) in [5.74, 6) is 0.0426. The molecule has 0 saturated heterocycles. The summed E-state index contributed by atoms with van der Waals surface area (Å²) in [5, 5.41) is 3.03. The molecule has 5 heteroatoms. The number of fused-ring (bicyclic) bond motifs is 1. The second-order valence-electron chi connectivity index (χ2n) is 5.28. The number of benzene rings is 1. The van der Waals surface area contributed by atoms with Crippen molar-refractivity contribution in [1.29, 1.82) is 0 Å². The molecule has 1 saturated carbocycles. The summed E-state index contributed by atoms with van der Waals surface area (Å²) in [6.07, 6.45) is 2.19. The summed E-state index contributed by atoms with van der Waals surface area (Å²) in [6, 6.07) is 6.18. The van der Waals surface area contributed by atoms with Gasteiger partial charge in [0.15, 0.2) is 4.77 Å². The molecule has 3 rings (SSSR count). The number of imidazole rings is 1. The molecule has 1 heterocycles. The third-order valence-corrected chi connectivity index (χ3v) is 3.86. The molecule has 0 aliphatic heterocycles. The van der Waals surface area contributed by atoms with Crippen molar-refractivity contribution >= 4 is 29.2 Å². The van der Waals surface area contributed by atoms with E-state index in [1.54, 1.807) is 0 Å². The van der Waals surface area contributed by atoms with E-state index in [0.29, 0.717) is 10.8 Å². The van der Waals surface area contributed by atoms with Gasteiger partial charge in [0.05, 0.1) is 11.0 Å². The van der Waals surface area contributed by atoms with E-state index in [9.17, 15) is 4.79 Å². The van der Waals surface area contributed by atoms with Gasteiger partial charge in [-0.3, -0.25) is 4.79 Å². The van der Waals surface area contributed by atoms with Gasteiger partial charge in [-0.25, -0.2) is 0 Å². The molecule has 1 atom stereocenters. The molecule has 1 amide bonds. The van der Waals surface area contributed by atoms with Gasteiger partial charge in [-0.1, -0.05) is 6.07 Å². The molecule has 100 valence electrons. The number of amides is 1. The fourth-order valence-corrected chi connectivity index (χ4v) is 2.65. The van der Waals surface area contributed by atoms with E-state index in [0.717, 1.165) is 29.4 Å². The molecular weight excluding hydrogens is 258 g/mol. The van der Waals surface area contributed by atoms with Gasteiger partial charge >= 0.3 is 0 Å². The van der Waals surface area contributed by atoms with Gasteiger partial charge in [-0.15, -0.1) is 0 Å². The van der Waals surface area contributed by atoms with Gasteiger partial charge in [0.1, 0.15) is 6.04 Å². The Balaban J connectivity index is 2.02. The largest absolute Gasteiger partial charge is 0.352 e. The maximum absolute atomic E-state index is 12.2. The Hall–Kier alpha value is -1.62. The number of carbonyl (C=O) groups excluding carboxylic acids is 1. The van der Waals surface area contributed by atoms with E-state index in [4.69, 9.17) is 12.2 Å². The maximum Gasteiger partial charge on any atom is 0.243 e. The molecular formula is C14H17N3OS. The van der Waals surface area contributed by atoms with E-state index >= 15 is 0 Å². The van der Waals surface area contributed by atoms with Crippen LogP contribution in [0.4, 0.5) is 0 Å². The second kappa shape index (κ2) is 4.49. The predicted molar refractivity (Wildman–Crippen MR) is 77.7 cm³/mol. The number of nitrogens with one attached hydrogen (secondary N) is 2. The number of aryl methyl sites for hydroxylation is 1. The van der Waals surface area contributed by atoms with Gasteiger partial charge in [-0.05, 0) is 56.6 Å². The zero-order valence-electron chi connectivity index (χ0n) is 11.1. The summed E-state index contributed by atoms with van der Waals surface area (Å²) in [6.45, 7) is 3.93. The highest BCUT2D eigenvalue weighted by Crippen LogP contribution is 2.23. The Morgan fingerprint density at radius 1 is 1.53 bits per heavy atom. The molecule has 1 aromatic carbocycles. The van der Waals surface area contributed by atoms with Crippen LogP contribution < -0.4 is 5.32 Å². The van der Waals surface area contributed by atoms with Gasteiger partial charge in [0.25, 0.3) is 0 Å². The van der Waals surface area contributed by atoms with Crippen LogP contribution in [-0.2, 0) is 4.79 Å². The van der Waals surface area contributed by atoms with Crippen LogP contribution >= 0.6 is 12.2 Å².